The summed E-state index contributed by atoms with van der Waals surface area (Å²) in [5.41, 5.74) is 5.63. The zero-order chi connectivity index (χ0) is 19.2. The van der Waals surface area contributed by atoms with Gasteiger partial charge >= 0.3 is 0 Å². The Bertz CT molecular complexity index is 907. The highest BCUT2D eigenvalue weighted by Gasteiger charge is 2.12. The summed E-state index contributed by atoms with van der Waals surface area (Å²) in [6.45, 7) is 5.23. The molecule has 3 aromatic carbocycles. The van der Waals surface area contributed by atoms with Gasteiger partial charge < -0.3 is 14.8 Å². The number of nitrogens with one attached hydrogen (secondary N) is 1. The van der Waals surface area contributed by atoms with E-state index in [0.29, 0.717) is 29.7 Å². The number of halogens is 1. The molecule has 3 rings (SSSR count). The number of hydrogen-bond acceptors (Lipinski definition) is 3. The summed E-state index contributed by atoms with van der Waals surface area (Å²) in [7, 11) is 1.63. The smallest absolute Gasteiger partial charge is 0.180 e. The molecule has 0 spiro atoms. The second-order valence-electron chi connectivity index (χ2n) is 6.61. The van der Waals surface area contributed by atoms with E-state index < -0.39 is 0 Å². The van der Waals surface area contributed by atoms with Crippen molar-refractivity contribution in [1.29, 1.82) is 0 Å². The number of aryl methyl sites for hydroxylation is 2. The van der Waals surface area contributed by atoms with E-state index in [-0.39, 0.29) is 0 Å². The van der Waals surface area contributed by atoms with Crippen LogP contribution in [-0.4, -0.2) is 7.11 Å². The minimum absolute atomic E-state index is 0.443. The molecule has 0 aromatic heterocycles. The van der Waals surface area contributed by atoms with Gasteiger partial charge in [0.1, 0.15) is 6.61 Å². The van der Waals surface area contributed by atoms with Crippen molar-refractivity contribution in [3.05, 3.63) is 87.9 Å². The number of anilines is 1. The first kappa shape index (κ1) is 19.1. The average Bonchev–Trinajstić information content (AvgIpc) is 2.66. The summed E-state index contributed by atoms with van der Waals surface area (Å²) in [5, 5.41) is 3.94. The van der Waals surface area contributed by atoms with Gasteiger partial charge in [-0.25, -0.2) is 0 Å². The summed E-state index contributed by atoms with van der Waals surface area (Å²) in [5.74, 6) is 1.20. The van der Waals surface area contributed by atoms with Crippen molar-refractivity contribution in [2.45, 2.75) is 27.0 Å². The van der Waals surface area contributed by atoms with Gasteiger partial charge in [0.15, 0.2) is 11.5 Å². The molecule has 3 aromatic rings. The quantitative estimate of drug-likeness (QED) is 0.531. The molecule has 0 aliphatic heterocycles. The monoisotopic (exact) mass is 381 g/mol. The predicted molar refractivity (Wildman–Crippen MR) is 112 cm³/mol. The molecular weight excluding hydrogens is 358 g/mol. The van der Waals surface area contributed by atoms with Crippen LogP contribution in [0, 0.1) is 13.8 Å². The highest BCUT2D eigenvalue weighted by atomic mass is 35.5. The van der Waals surface area contributed by atoms with Gasteiger partial charge in [-0.05, 0) is 49.2 Å². The van der Waals surface area contributed by atoms with E-state index in [2.05, 4.69) is 55.6 Å². The van der Waals surface area contributed by atoms with Gasteiger partial charge in [-0.15, -0.1) is 0 Å². The van der Waals surface area contributed by atoms with Gasteiger partial charge in [-0.3, -0.25) is 0 Å². The Labute approximate surface area is 165 Å². The summed E-state index contributed by atoms with van der Waals surface area (Å²) in [4.78, 5) is 0. The maximum Gasteiger partial charge on any atom is 0.180 e. The molecule has 0 fully saturated rings. The third-order valence-corrected chi connectivity index (χ3v) is 4.58. The highest BCUT2D eigenvalue weighted by molar-refractivity contribution is 6.32. The number of ether oxygens (including phenoxy) is 2. The molecule has 0 saturated carbocycles. The largest absolute Gasteiger partial charge is 0.493 e. The van der Waals surface area contributed by atoms with Crippen molar-refractivity contribution < 1.29 is 9.47 Å². The molecule has 0 amide bonds. The van der Waals surface area contributed by atoms with Gasteiger partial charge in [0.2, 0.25) is 0 Å². The van der Waals surface area contributed by atoms with E-state index in [1.165, 1.54) is 11.1 Å². The lowest BCUT2D eigenvalue weighted by Gasteiger charge is -2.15. The van der Waals surface area contributed by atoms with Crippen molar-refractivity contribution in [2.24, 2.45) is 0 Å². The zero-order valence-corrected chi connectivity index (χ0v) is 16.6. The molecule has 0 bridgehead atoms. The highest BCUT2D eigenvalue weighted by Crippen LogP contribution is 2.37. The van der Waals surface area contributed by atoms with Crippen LogP contribution in [0.25, 0.3) is 0 Å². The molecule has 0 aliphatic rings. The first-order valence-electron chi connectivity index (χ1n) is 8.90. The fourth-order valence-corrected chi connectivity index (χ4v) is 3.14. The van der Waals surface area contributed by atoms with E-state index in [9.17, 15) is 0 Å². The van der Waals surface area contributed by atoms with E-state index in [1.807, 2.05) is 24.3 Å². The zero-order valence-electron chi connectivity index (χ0n) is 15.9. The lowest BCUT2D eigenvalue weighted by Crippen LogP contribution is -2.03. The van der Waals surface area contributed by atoms with Gasteiger partial charge in [0.05, 0.1) is 12.1 Å². The van der Waals surface area contributed by atoms with E-state index >= 15 is 0 Å². The lowest BCUT2D eigenvalue weighted by molar-refractivity contribution is 0.284. The van der Waals surface area contributed by atoms with Crippen LogP contribution in [0.15, 0.2) is 60.7 Å². The number of benzene rings is 3. The van der Waals surface area contributed by atoms with Gasteiger partial charge in [0, 0.05) is 12.2 Å². The van der Waals surface area contributed by atoms with Crippen LogP contribution in [0.5, 0.6) is 11.5 Å². The lowest BCUT2D eigenvalue weighted by atomic mass is 10.1. The summed E-state index contributed by atoms with van der Waals surface area (Å²) in [6.07, 6.45) is 0. The van der Waals surface area contributed by atoms with E-state index in [1.54, 1.807) is 7.11 Å². The second-order valence-corrected chi connectivity index (χ2v) is 7.01. The Hall–Kier alpha value is -2.65. The first-order valence-corrected chi connectivity index (χ1v) is 9.28. The first-order chi connectivity index (χ1) is 13.0. The molecule has 27 heavy (non-hydrogen) atoms. The molecule has 0 radical (unpaired) electrons. The normalized spacial score (nSPS) is 10.5. The summed E-state index contributed by atoms with van der Waals surface area (Å²) >= 11 is 6.48. The molecule has 140 valence electrons. The fraction of sp³-hybridized carbons (Fsp3) is 0.217. The number of methoxy groups -OCH3 is 1. The molecule has 0 atom stereocenters. The van der Waals surface area contributed by atoms with Gasteiger partial charge in [0.25, 0.3) is 0 Å². The van der Waals surface area contributed by atoms with Crippen molar-refractivity contribution >= 4 is 17.3 Å². The Balaban J connectivity index is 1.71. The van der Waals surface area contributed by atoms with Crippen molar-refractivity contribution in [2.75, 3.05) is 12.4 Å². The third kappa shape index (κ3) is 5.18. The molecule has 0 saturated heterocycles. The van der Waals surface area contributed by atoms with Gasteiger partial charge in [-0.2, -0.15) is 0 Å². The molecular formula is C23H24ClNO2. The van der Waals surface area contributed by atoms with Crippen molar-refractivity contribution in [3.63, 3.8) is 0 Å². The Morgan fingerprint density at radius 2 is 1.67 bits per heavy atom. The van der Waals surface area contributed by atoms with Crippen LogP contribution in [0.1, 0.15) is 22.3 Å². The molecule has 0 unspecified atom stereocenters. The second kappa shape index (κ2) is 8.83. The molecule has 1 N–H and O–H groups in total. The maximum atomic E-state index is 6.48. The molecule has 3 nitrogen and oxygen atoms in total. The van der Waals surface area contributed by atoms with Crippen LogP contribution in [0.4, 0.5) is 5.69 Å². The van der Waals surface area contributed by atoms with Crippen molar-refractivity contribution in [3.8, 4) is 11.5 Å². The van der Waals surface area contributed by atoms with E-state index in [4.69, 9.17) is 21.1 Å². The van der Waals surface area contributed by atoms with Crippen LogP contribution in [0.2, 0.25) is 5.02 Å². The minimum Gasteiger partial charge on any atom is -0.493 e. The molecule has 0 aliphatic carbocycles. The number of hydrogen-bond donors (Lipinski definition) is 1. The fourth-order valence-electron chi connectivity index (χ4n) is 2.85. The predicted octanol–water partition coefficient (Wildman–Crippen LogP) is 6.16. The van der Waals surface area contributed by atoms with Gasteiger partial charge in [-0.1, -0.05) is 59.1 Å². The summed E-state index contributed by atoms with van der Waals surface area (Å²) in [6, 6.07) is 20.4. The van der Waals surface area contributed by atoms with Crippen LogP contribution >= 0.6 is 11.6 Å². The standard InChI is InChI=1S/C23H24ClNO2/c1-16-7-9-20(10-8-16)25-14-19-12-21(24)23(22(13-19)26-3)27-15-18-6-4-5-17(2)11-18/h4-13,25H,14-15H2,1-3H3. The topological polar surface area (TPSA) is 30.5 Å². The molecule has 0 heterocycles. The molecule has 4 heteroatoms. The summed E-state index contributed by atoms with van der Waals surface area (Å²) < 4.78 is 11.5. The van der Waals surface area contributed by atoms with Crippen molar-refractivity contribution in [1.82, 2.24) is 0 Å². The maximum absolute atomic E-state index is 6.48. The van der Waals surface area contributed by atoms with E-state index in [0.717, 1.165) is 16.8 Å². The van der Waals surface area contributed by atoms with Crippen LogP contribution in [0.3, 0.4) is 0 Å². The van der Waals surface area contributed by atoms with Crippen LogP contribution < -0.4 is 14.8 Å². The number of rotatable bonds is 7. The Morgan fingerprint density at radius 3 is 2.37 bits per heavy atom. The SMILES string of the molecule is COc1cc(CNc2ccc(C)cc2)cc(Cl)c1OCc1cccc(C)c1. The minimum atomic E-state index is 0.443. The Kier molecular flexibility index (Phi) is 6.25. The average molecular weight is 382 g/mol. The Morgan fingerprint density at radius 1 is 0.889 bits per heavy atom. The van der Waals surface area contributed by atoms with Crippen LogP contribution in [-0.2, 0) is 13.2 Å². The third-order valence-electron chi connectivity index (χ3n) is 4.30.